The van der Waals surface area contributed by atoms with Gasteiger partial charge < -0.3 is 5.32 Å². The zero-order valence-electron chi connectivity index (χ0n) is 10.9. The molecular formula is C14H11BrCl2N2O2. The standard InChI is InChI=1S/C14H11BrCl2N2O2/c1-8(11-4-2-9(16)6-13(11)17)18-10-3-5-14(19(20)21)12(15)7-10/h2-8,18H,1H3. The highest BCUT2D eigenvalue weighted by Crippen LogP contribution is 2.31. The molecule has 21 heavy (non-hydrogen) atoms. The van der Waals surface area contributed by atoms with Crippen LogP contribution in [-0.4, -0.2) is 4.92 Å². The van der Waals surface area contributed by atoms with Crippen LogP contribution in [-0.2, 0) is 0 Å². The van der Waals surface area contributed by atoms with Crippen molar-refractivity contribution < 1.29 is 4.92 Å². The summed E-state index contributed by atoms with van der Waals surface area (Å²) < 4.78 is 0.423. The van der Waals surface area contributed by atoms with Crippen molar-refractivity contribution in [1.29, 1.82) is 0 Å². The highest BCUT2D eigenvalue weighted by Gasteiger charge is 2.14. The maximum absolute atomic E-state index is 10.8. The molecule has 2 aromatic carbocycles. The number of rotatable bonds is 4. The molecule has 2 rings (SSSR count). The molecule has 1 atom stereocenters. The molecule has 0 spiro atoms. The number of nitro benzene ring substituents is 1. The van der Waals surface area contributed by atoms with Crippen LogP contribution in [0.3, 0.4) is 0 Å². The lowest BCUT2D eigenvalue weighted by molar-refractivity contribution is -0.385. The van der Waals surface area contributed by atoms with Gasteiger partial charge in [-0.1, -0.05) is 29.3 Å². The summed E-state index contributed by atoms with van der Waals surface area (Å²) in [6, 6.07) is 10.0. The van der Waals surface area contributed by atoms with Crippen molar-refractivity contribution in [2.24, 2.45) is 0 Å². The SMILES string of the molecule is CC(Nc1ccc([N+](=O)[O-])c(Br)c1)c1ccc(Cl)cc1Cl. The van der Waals surface area contributed by atoms with Gasteiger partial charge in [-0.15, -0.1) is 0 Å². The smallest absolute Gasteiger partial charge is 0.283 e. The molecule has 0 amide bonds. The van der Waals surface area contributed by atoms with Gasteiger partial charge in [0.2, 0.25) is 0 Å². The minimum Gasteiger partial charge on any atom is -0.378 e. The van der Waals surface area contributed by atoms with Crippen molar-refractivity contribution in [1.82, 2.24) is 0 Å². The number of anilines is 1. The fourth-order valence-electron chi connectivity index (χ4n) is 1.93. The number of nitro groups is 1. The Morgan fingerprint density at radius 1 is 1.24 bits per heavy atom. The average Bonchev–Trinajstić information content (AvgIpc) is 2.37. The van der Waals surface area contributed by atoms with Crippen molar-refractivity contribution in [2.45, 2.75) is 13.0 Å². The number of hydrogen-bond acceptors (Lipinski definition) is 3. The quantitative estimate of drug-likeness (QED) is 0.528. The molecule has 2 aromatic rings. The third kappa shape index (κ3) is 3.87. The molecule has 0 aromatic heterocycles. The van der Waals surface area contributed by atoms with Gasteiger partial charge in [0.05, 0.1) is 9.40 Å². The molecule has 1 unspecified atom stereocenters. The summed E-state index contributed by atoms with van der Waals surface area (Å²) in [6.45, 7) is 1.95. The number of nitrogens with zero attached hydrogens (tertiary/aromatic N) is 1. The number of hydrogen-bond donors (Lipinski definition) is 1. The van der Waals surface area contributed by atoms with E-state index in [2.05, 4.69) is 21.2 Å². The molecule has 0 fully saturated rings. The van der Waals surface area contributed by atoms with E-state index in [1.165, 1.54) is 6.07 Å². The average molecular weight is 390 g/mol. The van der Waals surface area contributed by atoms with Gasteiger partial charge in [0, 0.05) is 27.8 Å². The first-order chi connectivity index (χ1) is 9.88. The zero-order valence-corrected chi connectivity index (χ0v) is 14.0. The van der Waals surface area contributed by atoms with Crippen LogP contribution in [0.4, 0.5) is 11.4 Å². The monoisotopic (exact) mass is 388 g/mol. The molecular weight excluding hydrogens is 379 g/mol. The number of benzene rings is 2. The van der Waals surface area contributed by atoms with Crippen LogP contribution >= 0.6 is 39.1 Å². The zero-order chi connectivity index (χ0) is 15.6. The second-order valence-electron chi connectivity index (χ2n) is 4.46. The Kier molecular flexibility index (Phi) is 5.08. The Bertz CT molecular complexity index is 695. The Morgan fingerprint density at radius 2 is 1.95 bits per heavy atom. The first-order valence-electron chi connectivity index (χ1n) is 6.04. The number of halogens is 3. The van der Waals surface area contributed by atoms with Crippen LogP contribution in [0.1, 0.15) is 18.5 Å². The Labute approximate surface area is 140 Å². The van der Waals surface area contributed by atoms with E-state index in [0.29, 0.717) is 14.5 Å². The topological polar surface area (TPSA) is 55.2 Å². The summed E-state index contributed by atoms with van der Waals surface area (Å²) in [5, 5.41) is 15.2. The first kappa shape index (κ1) is 16.1. The predicted molar refractivity (Wildman–Crippen MR) is 89.3 cm³/mol. The molecule has 110 valence electrons. The van der Waals surface area contributed by atoms with E-state index in [1.54, 1.807) is 24.3 Å². The second kappa shape index (κ2) is 6.64. The molecule has 0 heterocycles. The maximum atomic E-state index is 10.8. The van der Waals surface area contributed by atoms with Gasteiger partial charge in [0.15, 0.2) is 0 Å². The third-order valence-corrected chi connectivity index (χ3v) is 4.15. The summed E-state index contributed by atoms with van der Waals surface area (Å²) >= 11 is 15.2. The van der Waals surface area contributed by atoms with Gasteiger partial charge in [-0.2, -0.15) is 0 Å². The van der Waals surface area contributed by atoms with Crippen LogP contribution in [0.5, 0.6) is 0 Å². The van der Waals surface area contributed by atoms with Crippen molar-refractivity contribution in [3.63, 3.8) is 0 Å². The van der Waals surface area contributed by atoms with Crippen LogP contribution in [0, 0.1) is 10.1 Å². The lowest BCUT2D eigenvalue weighted by Gasteiger charge is -2.17. The molecule has 0 saturated carbocycles. The van der Waals surface area contributed by atoms with Gasteiger partial charge in [-0.05, 0) is 52.7 Å². The van der Waals surface area contributed by atoms with Crippen molar-refractivity contribution >= 4 is 50.5 Å². The summed E-state index contributed by atoms with van der Waals surface area (Å²) in [5.74, 6) is 0. The van der Waals surface area contributed by atoms with Crippen LogP contribution in [0.2, 0.25) is 10.0 Å². The lowest BCUT2D eigenvalue weighted by atomic mass is 10.1. The van der Waals surface area contributed by atoms with Gasteiger partial charge >= 0.3 is 0 Å². The molecule has 0 saturated heterocycles. The summed E-state index contributed by atoms with van der Waals surface area (Å²) in [7, 11) is 0. The Balaban J connectivity index is 2.21. The summed E-state index contributed by atoms with van der Waals surface area (Å²) in [6.07, 6.45) is 0. The molecule has 1 N–H and O–H groups in total. The van der Waals surface area contributed by atoms with E-state index in [-0.39, 0.29) is 11.7 Å². The molecule has 4 nitrogen and oxygen atoms in total. The highest BCUT2D eigenvalue weighted by atomic mass is 79.9. The van der Waals surface area contributed by atoms with Gasteiger partial charge in [-0.3, -0.25) is 10.1 Å². The predicted octanol–water partition coefficient (Wildman–Crippen LogP) is 5.84. The van der Waals surface area contributed by atoms with Gasteiger partial charge in [0.1, 0.15) is 0 Å². The number of nitrogens with one attached hydrogen (secondary N) is 1. The largest absolute Gasteiger partial charge is 0.378 e. The highest BCUT2D eigenvalue weighted by molar-refractivity contribution is 9.10. The molecule has 7 heteroatoms. The molecule has 0 aliphatic rings. The summed E-state index contributed by atoms with van der Waals surface area (Å²) in [5.41, 5.74) is 1.68. The van der Waals surface area contributed by atoms with E-state index < -0.39 is 4.92 Å². The molecule has 0 aliphatic heterocycles. The summed E-state index contributed by atoms with van der Waals surface area (Å²) in [4.78, 5) is 10.3. The maximum Gasteiger partial charge on any atom is 0.283 e. The van der Waals surface area contributed by atoms with E-state index in [9.17, 15) is 10.1 Å². The fraction of sp³-hybridized carbons (Fsp3) is 0.143. The van der Waals surface area contributed by atoms with Gasteiger partial charge in [0.25, 0.3) is 5.69 Å². The van der Waals surface area contributed by atoms with E-state index in [0.717, 1.165) is 11.3 Å². The van der Waals surface area contributed by atoms with E-state index in [4.69, 9.17) is 23.2 Å². The van der Waals surface area contributed by atoms with Crippen molar-refractivity contribution in [3.8, 4) is 0 Å². The first-order valence-corrected chi connectivity index (χ1v) is 7.59. The normalized spacial score (nSPS) is 12.0. The second-order valence-corrected chi connectivity index (χ2v) is 6.15. The van der Waals surface area contributed by atoms with Crippen molar-refractivity contribution in [2.75, 3.05) is 5.32 Å². The minimum atomic E-state index is -0.437. The molecule has 0 bridgehead atoms. The lowest BCUT2D eigenvalue weighted by Crippen LogP contribution is -2.07. The van der Waals surface area contributed by atoms with E-state index >= 15 is 0 Å². The third-order valence-electron chi connectivity index (χ3n) is 2.96. The minimum absolute atomic E-state index is 0.0257. The van der Waals surface area contributed by atoms with Crippen LogP contribution < -0.4 is 5.32 Å². The Hall–Kier alpha value is -1.30. The van der Waals surface area contributed by atoms with Crippen LogP contribution in [0.15, 0.2) is 40.9 Å². The molecule has 0 aliphatic carbocycles. The molecule has 0 radical (unpaired) electrons. The van der Waals surface area contributed by atoms with Crippen LogP contribution in [0.25, 0.3) is 0 Å². The van der Waals surface area contributed by atoms with Gasteiger partial charge in [-0.25, -0.2) is 0 Å². The Morgan fingerprint density at radius 3 is 2.52 bits per heavy atom. The van der Waals surface area contributed by atoms with E-state index in [1.807, 2.05) is 13.0 Å². The van der Waals surface area contributed by atoms with Crippen molar-refractivity contribution in [3.05, 3.63) is 66.6 Å². The fourth-order valence-corrected chi connectivity index (χ4v) is 3.02.